The summed E-state index contributed by atoms with van der Waals surface area (Å²) >= 11 is 0. The summed E-state index contributed by atoms with van der Waals surface area (Å²) in [6.45, 7) is 5.20. The van der Waals surface area contributed by atoms with E-state index in [9.17, 15) is 0 Å². The number of rotatable bonds is 6. The van der Waals surface area contributed by atoms with Crippen molar-refractivity contribution in [3.63, 3.8) is 0 Å². The third-order valence-electron chi connectivity index (χ3n) is 5.33. The van der Waals surface area contributed by atoms with Gasteiger partial charge in [-0.2, -0.15) is 5.10 Å². The van der Waals surface area contributed by atoms with Crippen molar-refractivity contribution in [3.05, 3.63) is 18.0 Å². The first-order chi connectivity index (χ1) is 10.7. The first kappa shape index (κ1) is 16.0. The van der Waals surface area contributed by atoms with Crippen molar-refractivity contribution in [2.24, 2.45) is 13.0 Å². The maximum Gasteiger partial charge on any atom is 0.0604 e. The molecule has 124 valence electrons. The second-order valence-electron chi connectivity index (χ2n) is 6.86. The zero-order valence-electron chi connectivity index (χ0n) is 14.2. The van der Waals surface area contributed by atoms with Crippen LogP contribution in [-0.4, -0.2) is 53.6 Å². The maximum atomic E-state index is 5.65. The Hall–Kier alpha value is -0.910. The van der Waals surface area contributed by atoms with Gasteiger partial charge in [-0.25, -0.2) is 0 Å². The molecule has 2 fully saturated rings. The quantitative estimate of drug-likeness (QED) is 0.872. The van der Waals surface area contributed by atoms with Crippen LogP contribution in [0.25, 0.3) is 0 Å². The molecule has 1 aromatic heterocycles. The van der Waals surface area contributed by atoms with Gasteiger partial charge in [0, 0.05) is 32.4 Å². The molecule has 1 saturated carbocycles. The normalized spacial score (nSPS) is 32.9. The zero-order valence-corrected chi connectivity index (χ0v) is 14.2. The van der Waals surface area contributed by atoms with Crippen LogP contribution < -0.4 is 5.32 Å². The van der Waals surface area contributed by atoms with Crippen LogP contribution in [-0.2, 0) is 11.8 Å². The van der Waals surface area contributed by atoms with Gasteiger partial charge < -0.3 is 10.1 Å². The summed E-state index contributed by atoms with van der Waals surface area (Å²) in [6.07, 6.45) is 7.35. The third-order valence-corrected chi connectivity index (χ3v) is 5.33. The van der Waals surface area contributed by atoms with Gasteiger partial charge >= 0.3 is 0 Å². The lowest BCUT2D eigenvalue weighted by molar-refractivity contribution is -0.0124. The molecule has 5 nitrogen and oxygen atoms in total. The summed E-state index contributed by atoms with van der Waals surface area (Å²) in [5, 5.41) is 8.14. The predicted octanol–water partition coefficient (Wildman–Crippen LogP) is 1.96. The summed E-state index contributed by atoms with van der Waals surface area (Å²) in [5.41, 5.74) is 1.34. The fraction of sp³-hybridized carbons (Fsp3) is 0.824. The topological polar surface area (TPSA) is 42.3 Å². The zero-order chi connectivity index (χ0) is 15.5. The molecule has 0 unspecified atom stereocenters. The van der Waals surface area contributed by atoms with E-state index in [0.717, 1.165) is 13.2 Å². The molecular formula is C17H30N4O. The molecule has 2 aliphatic rings. The van der Waals surface area contributed by atoms with Gasteiger partial charge in [-0.15, -0.1) is 0 Å². The molecule has 1 saturated heterocycles. The van der Waals surface area contributed by atoms with Gasteiger partial charge in [0.05, 0.1) is 17.8 Å². The number of ether oxygens (including phenoxy) is 1. The van der Waals surface area contributed by atoms with E-state index in [1.807, 2.05) is 10.9 Å². The van der Waals surface area contributed by atoms with E-state index in [1.165, 1.54) is 37.9 Å². The lowest BCUT2D eigenvalue weighted by Crippen LogP contribution is -2.49. The smallest absolute Gasteiger partial charge is 0.0604 e. The number of aromatic nitrogens is 2. The number of hydrogen-bond donors (Lipinski definition) is 1. The molecule has 0 radical (unpaired) electrons. The van der Waals surface area contributed by atoms with Crippen molar-refractivity contribution in [1.82, 2.24) is 20.0 Å². The molecule has 1 aliphatic heterocycles. The highest BCUT2D eigenvalue weighted by Crippen LogP contribution is 2.35. The highest BCUT2D eigenvalue weighted by molar-refractivity contribution is 5.10. The van der Waals surface area contributed by atoms with Crippen LogP contribution in [0.2, 0.25) is 0 Å². The molecule has 0 aromatic carbocycles. The van der Waals surface area contributed by atoms with Crippen molar-refractivity contribution >= 4 is 0 Å². The van der Waals surface area contributed by atoms with Crippen LogP contribution in [0.5, 0.6) is 0 Å². The van der Waals surface area contributed by atoms with E-state index in [0.29, 0.717) is 24.1 Å². The average Bonchev–Trinajstić information content (AvgIpc) is 2.87. The summed E-state index contributed by atoms with van der Waals surface area (Å²) in [4.78, 5) is 2.50. The molecule has 5 heteroatoms. The van der Waals surface area contributed by atoms with Gasteiger partial charge in [0.25, 0.3) is 0 Å². The lowest BCUT2D eigenvalue weighted by atomic mass is 9.85. The van der Waals surface area contributed by atoms with Crippen molar-refractivity contribution < 1.29 is 4.74 Å². The molecule has 2 atom stereocenters. The van der Waals surface area contributed by atoms with Crippen LogP contribution >= 0.6 is 0 Å². The maximum absolute atomic E-state index is 5.65. The minimum atomic E-state index is 0.483. The van der Waals surface area contributed by atoms with E-state index >= 15 is 0 Å². The van der Waals surface area contributed by atoms with Crippen molar-refractivity contribution in [1.29, 1.82) is 0 Å². The van der Waals surface area contributed by atoms with Crippen LogP contribution in [0, 0.1) is 5.92 Å². The first-order valence-electron chi connectivity index (χ1n) is 8.72. The Morgan fingerprint density at radius 2 is 2.18 bits per heavy atom. The SMILES string of the molecule is CCOC1CC(NC[C@@H]2CCCN(C)[C@H]2c2ccnn2C)C1. The Morgan fingerprint density at radius 1 is 1.36 bits per heavy atom. The van der Waals surface area contributed by atoms with Gasteiger partial charge in [-0.3, -0.25) is 9.58 Å². The van der Waals surface area contributed by atoms with E-state index in [2.05, 4.69) is 42.4 Å². The number of nitrogens with one attached hydrogen (secondary N) is 1. The average molecular weight is 306 g/mol. The molecule has 1 aromatic rings. The summed E-state index contributed by atoms with van der Waals surface area (Å²) in [6, 6.07) is 3.31. The molecule has 2 heterocycles. The molecule has 0 spiro atoms. The number of hydrogen-bond acceptors (Lipinski definition) is 4. The molecule has 1 aliphatic carbocycles. The lowest BCUT2D eigenvalue weighted by Gasteiger charge is -2.41. The van der Waals surface area contributed by atoms with Gasteiger partial charge in [-0.1, -0.05) is 0 Å². The van der Waals surface area contributed by atoms with E-state index in [-0.39, 0.29) is 0 Å². The minimum Gasteiger partial charge on any atom is -0.378 e. The predicted molar refractivity (Wildman–Crippen MR) is 87.7 cm³/mol. The Balaban J connectivity index is 1.56. The number of aryl methyl sites for hydroxylation is 1. The molecule has 22 heavy (non-hydrogen) atoms. The van der Waals surface area contributed by atoms with Gasteiger partial charge in [-0.05, 0) is 58.2 Å². The van der Waals surface area contributed by atoms with E-state index < -0.39 is 0 Å². The standard InChI is InChI=1S/C17H30N4O/c1-4-22-15-10-14(11-15)18-12-13-6-5-9-20(2)17(13)16-7-8-19-21(16)3/h7-8,13-15,17-18H,4-6,9-12H2,1-3H3/t13-,14?,15?,17+/m0/s1. The molecule has 0 bridgehead atoms. The molecule has 3 rings (SSSR count). The van der Waals surface area contributed by atoms with Crippen LogP contribution in [0.4, 0.5) is 0 Å². The second-order valence-corrected chi connectivity index (χ2v) is 6.86. The number of nitrogens with zero attached hydrogens (tertiary/aromatic N) is 3. The highest BCUT2D eigenvalue weighted by atomic mass is 16.5. The first-order valence-corrected chi connectivity index (χ1v) is 8.72. The van der Waals surface area contributed by atoms with Crippen molar-refractivity contribution in [2.75, 3.05) is 26.7 Å². The van der Waals surface area contributed by atoms with Crippen molar-refractivity contribution in [2.45, 2.75) is 50.8 Å². The summed E-state index contributed by atoms with van der Waals surface area (Å²) < 4.78 is 7.69. The Kier molecular flexibility index (Phi) is 5.16. The third kappa shape index (κ3) is 3.36. The Labute approximate surface area is 134 Å². The largest absolute Gasteiger partial charge is 0.378 e. The summed E-state index contributed by atoms with van der Waals surface area (Å²) in [5.74, 6) is 0.667. The Bertz CT molecular complexity index is 469. The molecular weight excluding hydrogens is 276 g/mol. The number of piperidine rings is 1. The van der Waals surface area contributed by atoms with Gasteiger partial charge in [0.15, 0.2) is 0 Å². The second kappa shape index (κ2) is 7.11. The van der Waals surface area contributed by atoms with E-state index in [1.54, 1.807) is 0 Å². The van der Waals surface area contributed by atoms with Crippen LogP contribution in [0.1, 0.15) is 44.3 Å². The fourth-order valence-electron chi connectivity index (χ4n) is 4.04. The molecule has 0 amide bonds. The number of likely N-dealkylation sites (tertiary alicyclic amines) is 1. The Morgan fingerprint density at radius 3 is 2.86 bits per heavy atom. The van der Waals surface area contributed by atoms with Gasteiger partial charge in [0.2, 0.25) is 0 Å². The van der Waals surface area contributed by atoms with Gasteiger partial charge in [0.1, 0.15) is 0 Å². The van der Waals surface area contributed by atoms with Crippen LogP contribution in [0.15, 0.2) is 12.3 Å². The highest BCUT2D eigenvalue weighted by Gasteiger charge is 2.34. The van der Waals surface area contributed by atoms with E-state index in [4.69, 9.17) is 4.74 Å². The molecule has 1 N–H and O–H groups in total. The summed E-state index contributed by atoms with van der Waals surface area (Å²) in [7, 11) is 4.30. The minimum absolute atomic E-state index is 0.483. The van der Waals surface area contributed by atoms with Crippen LogP contribution in [0.3, 0.4) is 0 Å². The van der Waals surface area contributed by atoms with Crippen molar-refractivity contribution in [3.8, 4) is 0 Å². The fourth-order valence-corrected chi connectivity index (χ4v) is 4.04. The monoisotopic (exact) mass is 306 g/mol.